The van der Waals surface area contributed by atoms with Crippen molar-refractivity contribution in [3.05, 3.63) is 23.9 Å². The molecule has 2 heteroatoms. The molecule has 1 heterocycles. The smallest absolute Gasteiger partial charge is 0.0795 e. The lowest BCUT2D eigenvalue weighted by atomic mass is 9.89. The second-order valence-electron chi connectivity index (χ2n) is 3.07. The third-order valence-corrected chi connectivity index (χ3v) is 2.58. The molecular weight excluding hydrogens is 154 g/mol. The molecule has 0 amide bonds. The van der Waals surface area contributed by atoms with E-state index in [-0.39, 0.29) is 0 Å². The van der Waals surface area contributed by atoms with Crippen molar-refractivity contribution in [2.24, 2.45) is 5.92 Å². The van der Waals surface area contributed by atoms with E-state index in [1.165, 1.54) is 18.5 Å². The minimum Gasteiger partial charge on any atom is -0.353 e. The molecule has 1 saturated heterocycles. The molecule has 0 bridgehead atoms. The SMILES string of the molecule is S=C1CCC2CC=CC=C2N1. The second-order valence-corrected chi connectivity index (χ2v) is 3.56. The van der Waals surface area contributed by atoms with Gasteiger partial charge in [-0.2, -0.15) is 0 Å². The van der Waals surface area contributed by atoms with Gasteiger partial charge >= 0.3 is 0 Å². The van der Waals surface area contributed by atoms with E-state index in [1.807, 2.05) is 0 Å². The minimum absolute atomic E-state index is 0.715. The van der Waals surface area contributed by atoms with Gasteiger partial charge in [0.2, 0.25) is 0 Å². The summed E-state index contributed by atoms with van der Waals surface area (Å²) in [5.41, 5.74) is 1.32. The monoisotopic (exact) mass is 165 g/mol. The third-order valence-electron chi connectivity index (χ3n) is 2.28. The predicted molar refractivity (Wildman–Crippen MR) is 50.3 cm³/mol. The summed E-state index contributed by atoms with van der Waals surface area (Å²) in [4.78, 5) is 1.00. The molecule has 58 valence electrons. The van der Waals surface area contributed by atoms with E-state index < -0.39 is 0 Å². The van der Waals surface area contributed by atoms with Crippen LogP contribution in [0.1, 0.15) is 19.3 Å². The van der Waals surface area contributed by atoms with E-state index in [0.29, 0.717) is 5.92 Å². The fraction of sp³-hybridized carbons (Fsp3) is 0.444. The molecule has 2 aliphatic rings. The summed E-state index contributed by atoms with van der Waals surface area (Å²) >= 11 is 5.10. The van der Waals surface area contributed by atoms with Crippen molar-refractivity contribution in [2.45, 2.75) is 19.3 Å². The third kappa shape index (κ3) is 1.36. The highest BCUT2D eigenvalue weighted by molar-refractivity contribution is 7.80. The molecule has 2 rings (SSSR count). The minimum atomic E-state index is 0.715. The van der Waals surface area contributed by atoms with Gasteiger partial charge in [0.1, 0.15) is 0 Å². The fourth-order valence-electron chi connectivity index (χ4n) is 1.62. The molecular formula is C9H11NS. The van der Waals surface area contributed by atoms with Crippen LogP contribution in [0.2, 0.25) is 0 Å². The Balaban J connectivity index is 2.18. The van der Waals surface area contributed by atoms with Crippen LogP contribution in [-0.2, 0) is 0 Å². The number of rotatable bonds is 0. The summed E-state index contributed by atoms with van der Waals surface area (Å²) in [6.45, 7) is 0. The van der Waals surface area contributed by atoms with E-state index in [9.17, 15) is 0 Å². The lowest BCUT2D eigenvalue weighted by Crippen LogP contribution is -2.32. The first-order valence-corrected chi connectivity index (χ1v) is 4.43. The van der Waals surface area contributed by atoms with Gasteiger partial charge in [-0.05, 0) is 25.3 Å². The Hall–Kier alpha value is -0.630. The Morgan fingerprint density at radius 3 is 3.36 bits per heavy atom. The number of fused-ring (bicyclic) bond motifs is 1. The Bertz CT molecular complexity index is 240. The topological polar surface area (TPSA) is 12.0 Å². The van der Waals surface area contributed by atoms with Gasteiger partial charge in [0.25, 0.3) is 0 Å². The zero-order valence-corrected chi connectivity index (χ0v) is 7.16. The summed E-state index contributed by atoms with van der Waals surface area (Å²) in [7, 11) is 0. The van der Waals surface area contributed by atoms with Crippen molar-refractivity contribution in [3.63, 3.8) is 0 Å². The Kier molecular flexibility index (Phi) is 1.78. The first-order valence-electron chi connectivity index (χ1n) is 4.03. The molecule has 0 saturated carbocycles. The second kappa shape index (κ2) is 2.78. The van der Waals surface area contributed by atoms with Crippen LogP contribution in [0.15, 0.2) is 23.9 Å². The number of piperidine rings is 1. The molecule has 0 aromatic rings. The van der Waals surface area contributed by atoms with E-state index in [4.69, 9.17) is 12.2 Å². The van der Waals surface area contributed by atoms with Crippen LogP contribution in [0.25, 0.3) is 0 Å². The van der Waals surface area contributed by atoms with E-state index in [2.05, 4.69) is 23.5 Å². The molecule has 1 N–H and O–H groups in total. The van der Waals surface area contributed by atoms with Crippen molar-refractivity contribution < 1.29 is 0 Å². The molecule has 0 radical (unpaired) electrons. The van der Waals surface area contributed by atoms with Crippen molar-refractivity contribution in [1.29, 1.82) is 0 Å². The van der Waals surface area contributed by atoms with Gasteiger partial charge < -0.3 is 5.32 Å². The standard InChI is InChI=1S/C9H11NS/c11-9-6-5-7-3-1-2-4-8(7)10-9/h1-2,4,7H,3,5-6H2,(H,10,11). The normalized spacial score (nSPS) is 28.9. The van der Waals surface area contributed by atoms with Gasteiger partial charge in [-0.1, -0.05) is 24.4 Å². The molecule has 0 spiro atoms. The summed E-state index contributed by atoms with van der Waals surface area (Å²) in [6, 6.07) is 0. The van der Waals surface area contributed by atoms with Gasteiger partial charge in [0.15, 0.2) is 0 Å². The number of nitrogens with one attached hydrogen (secondary N) is 1. The molecule has 1 unspecified atom stereocenters. The van der Waals surface area contributed by atoms with Crippen molar-refractivity contribution in [3.8, 4) is 0 Å². The maximum Gasteiger partial charge on any atom is 0.0795 e. The highest BCUT2D eigenvalue weighted by Crippen LogP contribution is 2.26. The quantitative estimate of drug-likeness (QED) is 0.552. The zero-order valence-electron chi connectivity index (χ0n) is 6.34. The van der Waals surface area contributed by atoms with Crippen molar-refractivity contribution >= 4 is 17.2 Å². The van der Waals surface area contributed by atoms with Crippen LogP contribution >= 0.6 is 12.2 Å². The van der Waals surface area contributed by atoms with Gasteiger partial charge in [-0.25, -0.2) is 0 Å². The first-order chi connectivity index (χ1) is 5.36. The molecule has 11 heavy (non-hydrogen) atoms. The lowest BCUT2D eigenvalue weighted by molar-refractivity contribution is 0.530. The van der Waals surface area contributed by atoms with Crippen molar-refractivity contribution in [1.82, 2.24) is 5.32 Å². The van der Waals surface area contributed by atoms with Gasteiger partial charge in [-0.15, -0.1) is 0 Å². The maximum absolute atomic E-state index is 5.10. The number of allylic oxidation sites excluding steroid dienone is 4. The number of hydrogen-bond donors (Lipinski definition) is 1. The molecule has 0 aromatic heterocycles. The van der Waals surface area contributed by atoms with Crippen LogP contribution in [-0.4, -0.2) is 4.99 Å². The Morgan fingerprint density at radius 1 is 1.55 bits per heavy atom. The Labute approximate surface area is 72.2 Å². The van der Waals surface area contributed by atoms with E-state index in [1.54, 1.807) is 0 Å². The van der Waals surface area contributed by atoms with Crippen LogP contribution < -0.4 is 5.32 Å². The first kappa shape index (κ1) is 7.04. The van der Waals surface area contributed by atoms with Crippen LogP contribution in [0.5, 0.6) is 0 Å². The lowest BCUT2D eigenvalue weighted by Gasteiger charge is -2.28. The van der Waals surface area contributed by atoms with E-state index >= 15 is 0 Å². The van der Waals surface area contributed by atoms with Crippen molar-refractivity contribution in [2.75, 3.05) is 0 Å². The summed E-state index contributed by atoms with van der Waals surface area (Å²) in [6.07, 6.45) is 9.94. The summed E-state index contributed by atoms with van der Waals surface area (Å²) < 4.78 is 0. The zero-order chi connectivity index (χ0) is 7.68. The highest BCUT2D eigenvalue weighted by atomic mass is 32.1. The molecule has 1 atom stereocenters. The number of thiocarbonyl (C=S) groups is 1. The van der Waals surface area contributed by atoms with Gasteiger partial charge in [0, 0.05) is 11.6 Å². The van der Waals surface area contributed by atoms with E-state index in [0.717, 1.165) is 11.4 Å². The molecule has 1 fully saturated rings. The summed E-state index contributed by atoms with van der Waals surface area (Å²) in [5, 5.41) is 3.26. The molecule has 1 aliphatic carbocycles. The molecule has 1 nitrogen and oxygen atoms in total. The molecule has 0 aromatic carbocycles. The predicted octanol–water partition coefficient (Wildman–Crippen LogP) is 2.16. The Morgan fingerprint density at radius 2 is 2.45 bits per heavy atom. The van der Waals surface area contributed by atoms with Gasteiger partial charge in [-0.3, -0.25) is 0 Å². The van der Waals surface area contributed by atoms with Crippen LogP contribution in [0, 0.1) is 5.92 Å². The highest BCUT2D eigenvalue weighted by Gasteiger charge is 2.20. The van der Waals surface area contributed by atoms with Crippen LogP contribution in [0.4, 0.5) is 0 Å². The van der Waals surface area contributed by atoms with Gasteiger partial charge in [0.05, 0.1) is 4.99 Å². The van der Waals surface area contributed by atoms with Crippen LogP contribution in [0.3, 0.4) is 0 Å². The molecule has 1 aliphatic heterocycles. The largest absolute Gasteiger partial charge is 0.353 e. The summed E-state index contributed by atoms with van der Waals surface area (Å²) in [5.74, 6) is 0.715. The fourth-order valence-corrected chi connectivity index (χ4v) is 1.86. The average Bonchev–Trinajstić information content (AvgIpc) is 2.04. The number of hydrogen-bond acceptors (Lipinski definition) is 1. The average molecular weight is 165 g/mol. The maximum atomic E-state index is 5.10.